The van der Waals surface area contributed by atoms with Crippen LogP contribution in [0.2, 0.25) is 0 Å². The van der Waals surface area contributed by atoms with Crippen LogP contribution in [0.25, 0.3) is 0 Å². The molecule has 1 aliphatic heterocycles. The molecule has 0 aromatic carbocycles. The molecular formula is C14H23N3O. The molecule has 0 spiro atoms. The topological polar surface area (TPSA) is 51.4 Å². The van der Waals surface area contributed by atoms with Crippen LogP contribution in [0.1, 0.15) is 31.1 Å². The number of nitrogens with zero attached hydrogens (tertiary/aromatic N) is 2. The summed E-state index contributed by atoms with van der Waals surface area (Å²) in [6, 6.07) is 4.42. The highest BCUT2D eigenvalue weighted by Gasteiger charge is 2.28. The minimum atomic E-state index is 0.242. The summed E-state index contributed by atoms with van der Waals surface area (Å²) in [6.07, 6.45) is 2.47. The molecule has 3 atom stereocenters. The first kappa shape index (κ1) is 13.5. The van der Waals surface area contributed by atoms with Gasteiger partial charge < -0.3 is 10.5 Å². The minimum absolute atomic E-state index is 0.242. The van der Waals surface area contributed by atoms with Gasteiger partial charge in [-0.3, -0.25) is 9.88 Å². The van der Waals surface area contributed by atoms with Gasteiger partial charge in [0.05, 0.1) is 12.2 Å². The van der Waals surface area contributed by atoms with Crippen molar-refractivity contribution in [2.45, 2.75) is 39.0 Å². The number of nitrogens with two attached hydrogens (primary N) is 1. The van der Waals surface area contributed by atoms with E-state index in [1.54, 1.807) is 0 Å². The number of hydrogen-bond donors (Lipinski definition) is 1. The van der Waals surface area contributed by atoms with Gasteiger partial charge in [0.1, 0.15) is 0 Å². The van der Waals surface area contributed by atoms with Gasteiger partial charge in [-0.25, -0.2) is 0 Å². The van der Waals surface area contributed by atoms with E-state index in [0.29, 0.717) is 6.54 Å². The van der Waals surface area contributed by atoms with E-state index >= 15 is 0 Å². The molecule has 0 bridgehead atoms. The van der Waals surface area contributed by atoms with Gasteiger partial charge >= 0.3 is 0 Å². The van der Waals surface area contributed by atoms with Gasteiger partial charge in [-0.15, -0.1) is 0 Å². The van der Waals surface area contributed by atoms with Gasteiger partial charge in [0.2, 0.25) is 0 Å². The summed E-state index contributed by atoms with van der Waals surface area (Å²) < 4.78 is 5.77. The number of morpholine rings is 1. The third-order valence-electron chi connectivity index (χ3n) is 3.43. The third-order valence-corrected chi connectivity index (χ3v) is 3.43. The second-order valence-corrected chi connectivity index (χ2v) is 5.20. The number of aromatic nitrogens is 1. The summed E-state index contributed by atoms with van der Waals surface area (Å²) in [5.74, 6) is 0. The standard InChI is InChI=1S/C14H23N3O/c1-10-4-5-13(7-16-10)14(6-15)17-8-11(2)18-12(3)9-17/h4-5,7,11-12,14H,6,8-9,15H2,1-3H3. The first-order chi connectivity index (χ1) is 8.60. The molecule has 0 radical (unpaired) electrons. The lowest BCUT2D eigenvalue weighted by Crippen LogP contribution is -2.48. The lowest BCUT2D eigenvalue weighted by atomic mass is 10.0. The molecule has 0 aliphatic carbocycles. The largest absolute Gasteiger partial charge is 0.373 e. The maximum Gasteiger partial charge on any atom is 0.0678 e. The highest BCUT2D eigenvalue weighted by molar-refractivity contribution is 5.18. The van der Waals surface area contributed by atoms with Crippen molar-refractivity contribution in [1.29, 1.82) is 0 Å². The van der Waals surface area contributed by atoms with Crippen LogP contribution in [-0.4, -0.2) is 41.7 Å². The zero-order chi connectivity index (χ0) is 13.1. The lowest BCUT2D eigenvalue weighted by molar-refractivity contribution is -0.0799. The SMILES string of the molecule is Cc1ccc(C(CN)N2CC(C)OC(C)C2)cn1. The molecular weight excluding hydrogens is 226 g/mol. The van der Waals surface area contributed by atoms with E-state index in [2.05, 4.69) is 29.8 Å². The third kappa shape index (κ3) is 3.07. The van der Waals surface area contributed by atoms with Gasteiger partial charge in [-0.2, -0.15) is 0 Å². The molecule has 0 amide bonds. The molecule has 3 unspecified atom stereocenters. The van der Waals surface area contributed by atoms with Crippen LogP contribution in [0.4, 0.5) is 0 Å². The van der Waals surface area contributed by atoms with Crippen LogP contribution in [0, 0.1) is 6.92 Å². The summed E-state index contributed by atoms with van der Waals surface area (Å²) in [5, 5.41) is 0. The van der Waals surface area contributed by atoms with E-state index in [4.69, 9.17) is 10.5 Å². The average Bonchev–Trinajstić information content (AvgIpc) is 2.31. The van der Waals surface area contributed by atoms with E-state index < -0.39 is 0 Å². The van der Waals surface area contributed by atoms with Gasteiger partial charge in [0.15, 0.2) is 0 Å². The second kappa shape index (κ2) is 5.78. The summed E-state index contributed by atoms with van der Waals surface area (Å²) in [4.78, 5) is 6.78. The number of hydrogen-bond acceptors (Lipinski definition) is 4. The Labute approximate surface area is 109 Å². The normalized spacial score (nSPS) is 27.1. The first-order valence-electron chi connectivity index (χ1n) is 6.62. The van der Waals surface area contributed by atoms with Crippen molar-refractivity contribution < 1.29 is 4.74 Å². The van der Waals surface area contributed by atoms with Gasteiger partial charge in [-0.05, 0) is 32.4 Å². The highest BCUT2D eigenvalue weighted by atomic mass is 16.5. The smallest absolute Gasteiger partial charge is 0.0678 e. The Bertz CT molecular complexity index is 369. The Hall–Kier alpha value is -0.970. The summed E-state index contributed by atoms with van der Waals surface area (Å²) in [6.45, 7) is 8.71. The van der Waals surface area contributed by atoms with Crippen molar-refractivity contribution in [3.63, 3.8) is 0 Å². The van der Waals surface area contributed by atoms with Crippen LogP contribution in [0.5, 0.6) is 0 Å². The zero-order valence-electron chi connectivity index (χ0n) is 11.5. The van der Waals surface area contributed by atoms with Crippen molar-refractivity contribution >= 4 is 0 Å². The molecule has 4 heteroatoms. The maximum atomic E-state index is 5.95. The fraction of sp³-hybridized carbons (Fsp3) is 0.643. The van der Waals surface area contributed by atoms with Gasteiger partial charge in [0.25, 0.3) is 0 Å². The Morgan fingerprint density at radius 1 is 1.39 bits per heavy atom. The number of pyridine rings is 1. The highest BCUT2D eigenvalue weighted by Crippen LogP contribution is 2.23. The molecule has 2 N–H and O–H groups in total. The fourth-order valence-corrected chi connectivity index (χ4v) is 2.64. The van der Waals surface area contributed by atoms with E-state index in [1.807, 2.05) is 19.2 Å². The van der Waals surface area contributed by atoms with E-state index in [1.165, 1.54) is 5.56 Å². The zero-order valence-corrected chi connectivity index (χ0v) is 11.5. The molecule has 1 aromatic rings. The Morgan fingerprint density at radius 2 is 2.06 bits per heavy atom. The number of rotatable bonds is 3. The summed E-state index contributed by atoms with van der Waals surface area (Å²) in [5.41, 5.74) is 8.19. The Balaban J connectivity index is 2.14. The predicted octanol–water partition coefficient (Wildman–Crippen LogP) is 1.50. The monoisotopic (exact) mass is 249 g/mol. The molecule has 1 aliphatic rings. The van der Waals surface area contributed by atoms with Crippen molar-refractivity contribution in [3.8, 4) is 0 Å². The molecule has 1 fully saturated rings. The first-order valence-corrected chi connectivity index (χ1v) is 6.62. The van der Waals surface area contributed by atoms with Crippen molar-refractivity contribution in [1.82, 2.24) is 9.88 Å². The maximum absolute atomic E-state index is 5.95. The fourth-order valence-electron chi connectivity index (χ4n) is 2.64. The quantitative estimate of drug-likeness (QED) is 0.882. The van der Waals surface area contributed by atoms with Crippen LogP contribution in [-0.2, 0) is 4.74 Å². The molecule has 4 nitrogen and oxygen atoms in total. The van der Waals surface area contributed by atoms with Crippen LogP contribution in [0.15, 0.2) is 18.3 Å². The summed E-state index contributed by atoms with van der Waals surface area (Å²) in [7, 11) is 0. The molecule has 2 heterocycles. The lowest BCUT2D eigenvalue weighted by Gasteiger charge is -2.39. The Kier molecular flexibility index (Phi) is 4.32. The minimum Gasteiger partial charge on any atom is -0.373 e. The van der Waals surface area contributed by atoms with Crippen LogP contribution in [0.3, 0.4) is 0 Å². The van der Waals surface area contributed by atoms with Gasteiger partial charge in [-0.1, -0.05) is 6.07 Å². The second-order valence-electron chi connectivity index (χ2n) is 5.20. The predicted molar refractivity (Wildman–Crippen MR) is 72.4 cm³/mol. The number of ether oxygens (including phenoxy) is 1. The van der Waals surface area contributed by atoms with E-state index in [0.717, 1.165) is 18.8 Å². The van der Waals surface area contributed by atoms with E-state index in [-0.39, 0.29) is 18.2 Å². The molecule has 0 saturated carbocycles. The number of aryl methyl sites for hydroxylation is 1. The molecule has 1 aromatic heterocycles. The molecule has 2 rings (SSSR count). The average molecular weight is 249 g/mol. The molecule has 18 heavy (non-hydrogen) atoms. The van der Waals surface area contributed by atoms with Crippen molar-refractivity contribution in [2.75, 3.05) is 19.6 Å². The molecule has 1 saturated heterocycles. The van der Waals surface area contributed by atoms with E-state index in [9.17, 15) is 0 Å². The Morgan fingerprint density at radius 3 is 2.56 bits per heavy atom. The van der Waals surface area contributed by atoms with Crippen LogP contribution >= 0.6 is 0 Å². The van der Waals surface area contributed by atoms with Crippen LogP contribution < -0.4 is 5.73 Å². The molecule has 100 valence electrons. The summed E-state index contributed by atoms with van der Waals surface area (Å²) >= 11 is 0. The van der Waals surface area contributed by atoms with Gasteiger partial charge in [0, 0.05) is 37.6 Å². The van der Waals surface area contributed by atoms with Crippen molar-refractivity contribution in [3.05, 3.63) is 29.6 Å². The van der Waals surface area contributed by atoms with Crippen molar-refractivity contribution in [2.24, 2.45) is 5.73 Å².